The van der Waals surface area contributed by atoms with E-state index >= 15 is 0 Å². The van der Waals surface area contributed by atoms with Crippen LogP contribution in [-0.2, 0) is 4.74 Å². The van der Waals surface area contributed by atoms with Gasteiger partial charge in [0.1, 0.15) is 17.0 Å². The van der Waals surface area contributed by atoms with E-state index < -0.39 is 0 Å². The summed E-state index contributed by atoms with van der Waals surface area (Å²) >= 11 is 0. The van der Waals surface area contributed by atoms with Crippen LogP contribution >= 0.6 is 0 Å². The van der Waals surface area contributed by atoms with Gasteiger partial charge in [0.2, 0.25) is 0 Å². The van der Waals surface area contributed by atoms with Gasteiger partial charge in [-0.25, -0.2) is 9.48 Å². The minimum Gasteiger partial charge on any atom is -0.506 e. The molecule has 0 aliphatic carbocycles. The topological polar surface area (TPSA) is 64.3 Å². The molecule has 0 saturated carbocycles. The summed E-state index contributed by atoms with van der Waals surface area (Å²) in [5.74, 6) is -0.275. The second-order valence-electron chi connectivity index (χ2n) is 4.17. The number of phenols is 1. The van der Waals surface area contributed by atoms with Crippen molar-refractivity contribution in [3.05, 3.63) is 41.2 Å². The van der Waals surface area contributed by atoms with E-state index in [1.807, 2.05) is 0 Å². The van der Waals surface area contributed by atoms with Gasteiger partial charge >= 0.3 is 5.97 Å². The number of carbonyl (C=O) groups excluding carboxylic acids is 1. The maximum absolute atomic E-state index is 11.9. The van der Waals surface area contributed by atoms with Gasteiger partial charge in [-0.15, -0.1) is 0 Å². The summed E-state index contributed by atoms with van der Waals surface area (Å²) in [5.41, 5.74) is 2.22. The van der Waals surface area contributed by atoms with E-state index in [1.54, 1.807) is 49.7 Å². The standard InChI is InChI=1S/C14H16N2O3/c1-4-19-14(18)13-9(2)15-16(10(13)3)11-7-5-6-8-12(11)17/h5-8,17H,4H2,1-3H3. The average Bonchev–Trinajstić information content (AvgIpc) is 2.66. The van der Waals surface area contributed by atoms with Crippen molar-refractivity contribution >= 4 is 5.97 Å². The molecule has 2 rings (SSSR count). The molecular weight excluding hydrogens is 244 g/mol. The van der Waals surface area contributed by atoms with Crippen molar-refractivity contribution in [1.29, 1.82) is 0 Å². The molecule has 2 aromatic rings. The van der Waals surface area contributed by atoms with Gasteiger partial charge in [-0.3, -0.25) is 0 Å². The number of hydrogen-bond acceptors (Lipinski definition) is 4. The monoisotopic (exact) mass is 260 g/mol. The molecule has 0 fully saturated rings. The van der Waals surface area contributed by atoms with Gasteiger partial charge in [0.15, 0.2) is 0 Å². The lowest BCUT2D eigenvalue weighted by Gasteiger charge is -2.07. The van der Waals surface area contributed by atoms with Crippen LogP contribution in [0.5, 0.6) is 5.75 Å². The third-order valence-corrected chi connectivity index (χ3v) is 2.88. The van der Waals surface area contributed by atoms with Gasteiger partial charge in [-0.2, -0.15) is 5.10 Å². The van der Waals surface area contributed by atoms with Crippen LogP contribution in [0.4, 0.5) is 0 Å². The lowest BCUT2D eigenvalue weighted by atomic mass is 10.2. The van der Waals surface area contributed by atoms with Crippen molar-refractivity contribution in [2.45, 2.75) is 20.8 Å². The molecule has 0 aliphatic heterocycles. The Morgan fingerprint density at radius 2 is 2.05 bits per heavy atom. The van der Waals surface area contributed by atoms with Gasteiger partial charge in [0, 0.05) is 0 Å². The Morgan fingerprint density at radius 1 is 1.37 bits per heavy atom. The summed E-state index contributed by atoms with van der Waals surface area (Å²) in [6, 6.07) is 6.85. The number of aromatic nitrogens is 2. The smallest absolute Gasteiger partial charge is 0.341 e. The summed E-state index contributed by atoms with van der Waals surface area (Å²) in [5, 5.41) is 14.2. The molecule has 1 aromatic carbocycles. The summed E-state index contributed by atoms with van der Waals surface area (Å²) in [7, 11) is 0. The fraction of sp³-hybridized carbons (Fsp3) is 0.286. The van der Waals surface area contributed by atoms with Gasteiger partial charge in [0.25, 0.3) is 0 Å². The second kappa shape index (κ2) is 5.14. The molecule has 0 aliphatic rings. The largest absolute Gasteiger partial charge is 0.506 e. The molecule has 0 atom stereocenters. The second-order valence-corrected chi connectivity index (χ2v) is 4.17. The minimum absolute atomic E-state index is 0.114. The number of aromatic hydroxyl groups is 1. The summed E-state index contributed by atoms with van der Waals surface area (Å²) < 4.78 is 6.57. The summed E-state index contributed by atoms with van der Waals surface area (Å²) in [6.45, 7) is 5.60. The number of phenolic OH excluding ortho intramolecular Hbond substituents is 1. The van der Waals surface area contributed by atoms with Crippen molar-refractivity contribution in [3.63, 3.8) is 0 Å². The number of carbonyl (C=O) groups is 1. The average molecular weight is 260 g/mol. The van der Waals surface area contributed by atoms with Crippen LogP contribution in [0.2, 0.25) is 0 Å². The van der Waals surface area contributed by atoms with Gasteiger partial charge in [-0.05, 0) is 32.9 Å². The normalized spacial score (nSPS) is 10.5. The number of benzene rings is 1. The number of ether oxygens (including phenoxy) is 1. The van der Waals surface area contributed by atoms with Crippen LogP contribution in [0, 0.1) is 13.8 Å². The van der Waals surface area contributed by atoms with E-state index in [9.17, 15) is 9.90 Å². The molecule has 0 bridgehead atoms. The third-order valence-electron chi connectivity index (χ3n) is 2.88. The first-order valence-electron chi connectivity index (χ1n) is 6.08. The number of para-hydroxylation sites is 2. The molecule has 1 N–H and O–H groups in total. The first-order valence-corrected chi connectivity index (χ1v) is 6.08. The van der Waals surface area contributed by atoms with Crippen molar-refractivity contribution < 1.29 is 14.6 Å². The highest BCUT2D eigenvalue weighted by atomic mass is 16.5. The molecule has 19 heavy (non-hydrogen) atoms. The van der Waals surface area contributed by atoms with Crippen LogP contribution in [0.15, 0.2) is 24.3 Å². The van der Waals surface area contributed by atoms with Gasteiger partial charge < -0.3 is 9.84 Å². The van der Waals surface area contributed by atoms with Crippen LogP contribution in [-0.4, -0.2) is 27.5 Å². The minimum atomic E-state index is -0.390. The Kier molecular flexibility index (Phi) is 3.55. The number of rotatable bonds is 3. The highest BCUT2D eigenvalue weighted by Crippen LogP contribution is 2.24. The predicted molar refractivity (Wildman–Crippen MR) is 70.7 cm³/mol. The molecule has 0 saturated heterocycles. The van der Waals surface area contributed by atoms with E-state index in [4.69, 9.17) is 4.74 Å². The molecular formula is C14H16N2O3. The van der Waals surface area contributed by atoms with Crippen LogP contribution in [0.3, 0.4) is 0 Å². The summed E-state index contributed by atoms with van der Waals surface area (Å²) in [4.78, 5) is 11.9. The zero-order valence-electron chi connectivity index (χ0n) is 11.2. The number of aryl methyl sites for hydroxylation is 1. The quantitative estimate of drug-likeness (QED) is 0.860. The van der Waals surface area contributed by atoms with E-state index in [0.29, 0.717) is 29.2 Å². The van der Waals surface area contributed by atoms with Crippen molar-refractivity contribution in [3.8, 4) is 11.4 Å². The number of hydrogen-bond donors (Lipinski definition) is 1. The third kappa shape index (κ3) is 2.31. The molecule has 100 valence electrons. The predicted octanol–water partition coefficient (Wildman–Crippen LogP) is 2.37. The maximum Gasteiger partial charge on any atom is 0.341 e. The SMILES string of the molecule is CCOC(=O)c1c(C)nn(-c2ccccc2O)c1C. The highest BCUT2D eigenvalue weighted by molar-refractivity contribution is 5.92. The van der Waals surface area contributed by atoms with E-state index in [1.165, 1.54) is 0 Å². The Bertz CT molecular complexity index is 617. The van der Waals surface area contributed by atoms with Crippen molar-refractivity contribution in [2.24, 2.45) is 0 Å². The van der Waals surface area contributed by atoms with Crippen LogP contribution in [0.1, 0.15) is 28.7 Å². The molecule has 0 radical (unpaired) electrons. The molecule has 0 spiro atoms. The Balaban J connectivity index is 2.54. The lowest BCUT2D eigenvalue weighted by Crippen LogP contribution is -2.07. The van der Waals surface area contributed by atoms with Crippen LogP contribution in [0.25, 0.3) is 5.69 Å². The maximum atomic E-state index is 11.9. The Hall–Kier alpha value is -2.30. The highest BCUT2D eigenvalue weighted by Gasteiger charge is 2.21. The molecule has 1 heterocycles. The van der Waals surface area contributed by atoms with Crippen molar-refractivity contribution in [1.82, 2.24) is 9.78 Å². The van der Waals surface area contributed by atoms with Gasteiger partial charge in [0.05, 0.1) is 18.0 Å². The van der Waals surface area contributed by atoms with Gasteiger partial charge in [-0.1, -0.05) is 12.1 Å². The summed E-state index contributed by atoms with van der Waals surface area (Å²) in [6.07, 6.45) is 0. The van der Waals surface area contributed by atoms with E-state index in [0.717, 1.165) is 0 Å². The molecule has 5 nitrogen and oxygen atoms in total. The van der Waals surface area contributed by atoms with E-state index in [-0.39, 0.29) is 11.7 Å². The zero-order valence-corrected chi connectivity index (χ0v) is 11.2. The van der Waals surface area contributed by atoms with E-state index in [2.05, 4.69) is 5.10 Å². The Morgan fingerprint density at radius 3 is 2.68 bits per heavy atom. The fourth-order valence-electron chi connectivity index (χ4n) is 2.02. The first kappa shape index (κ1) is 13.1. The Labute approximate surface area is 111 Å². The van der Waals surface area contributed by atoms with Crippen LogP contribution < -0.4 is 0 Å². The zero-order chi connectivity index (χ0) is 14.0. The molecule has 5 heteroatoms. The van der Waals surface area contributed by atoms with Crippen molar-refractivity contribution in [2.75, 3.05) is 6.61 Å². The molecule has 0 amide bonds. The molecule has 1 aromatic heterocycles. The molecule has 0 unspecified atom stereocenters. The first-order chi connectivity index (χ1) is 9.06. The lowest BCUT2D eigenvalue weighted by molar-refractivity contribution is 0.0524. The number of nitrogens with zero attached hydrogens (tertiary/aromatic N) is 2. The fourth-order valence-corrected chi connectivity index (χ4v) is 2.02. The number of esters is 1.